The lowest BCUT2D eigenvalue weighted by atomic mass is 10.1. The molecule has 7 nitrogen and oxygen atoms in total. The first-order valence-electron chi connectivity index (χ1n) is 6.89. The van der Waals surface area contributed by atoms with Crippen molar-refractivity contribution in [1.29, 1.82) is 0 Å². The summed E-state index contributed by atoms with van der Waals surface area (Å²) in [4.78, 5) is 16.2. The van der Waals surface area contributed by atoms with Gasteiger partial charge in [0.1, 0.15) is 18.8 Å². The first-order valence-corrected chi connectivity index (χ1v) is 7.27. The number of nitrogens with zero attached hydrogens (tertiary/aromatic N) is 5. The van der Waals surface area contributed by atoms with E-state index in [-0.39, 0.29) is 0 Å². The summed E-state index contributed by atoms with van der Waals surface area (Å²) in [6, 6.07) is 7.15. The fourth-order valence-electron chi connectivity index (χ4n) is 2.11. The largest absolute Gasteiger partial charge is 0.452 e. The summed E-state index contributed by atoms with van der Waals surface area (Å²) in [6.07, 6.45) is 5.57. The van der Waals surface area contributed by atoms with Gasteiger partial charge >= 0.3 is 5.97 Å². The zero-order valence-electron chi connectivity index (χ0n) is 12.3. The lowest BCUT2D eigenvalue weighted by Crippen LogP contribution is -2.17. The second-order valence-corrected chi connectivity index (χ2v) is 5.40. The zero-order valence-corrected chi connectivity index (χ0v) is 13.1. The second kappa shape index (κ2) is 6.62. The summed E-state index contributed by atoms with van der Waals surface area (Å²) in [5.74, 6) is -0.446. The number of carbonyl (C=O) groups excluding carboxylic acids is 1. The van der Waals surface area contributed by atoms with Crippen molar-refractivity contribution >= 4 is 17.6 Å². The van der Waals surface area contributed by atoms with Gasteiger partial charge in [0.15, 0.2) is 0 Å². The minimum absolute atomic E-state index is 0.355. The Morgan fingerprint density at radius 2 is 2.09 bits per heavy atom. The number of ether oxygens (including phenoxy) is 1. The normalized spacial score (nSPS) is 12.1. The third-order valence-electron chi connectivity index (χ3n) is 3.25. The molecule has 0 saturated heterocycles. The van der Waals surface area contributed by atoms with Crippen molar-refractivity contribution < 1.29 is 9.53 Å². The van der Waals surface area contributed by atoms with Crippen molar-refractivity contribution in [3.05, 3.63) is 65.5 Å². The molecular formula is C15H14ClN5O2. The van der Waals surface area contributed by atoms with Crippen LogP contribution in [-0.4, -0.2) is 30.5 Å². The van der Waals surface area contributed by atoms with Crippen LogP contribution in [0, 0.1) is 0 Å². The Labute approximate surface area is 137 Å². The van der Waals surface area contributed by atoms with Crippen molar-refractivity contribution in [2.75, 3.05) is 0 Å². The van der Waals surface area contributed by atoms with E-state index in [1.807, 2.05) is 12.1 Å². The SMILES string of the molecule is Cn1cc(C(=O)O[C@@H](Cn2cncn2)c2ccc(Cl)cc2)cn1. The third kappa shape index (κ3) is 3.75. The average Bonchev–Trinajstić information content (AvgIpc) is 3.19. The van der Waals surface area contributed by atoms with E-state index in [0.717, 1.165) is 5.56 Å². The van der Waals surface area contributed by atoms with E-state index in [1.54, 1.807) is 41.1 Å². The Morgan fingerprint density at radius 1 is 1.30 bits per heavy atom. The summed E-state index contributed by atoms with van der Waals surface area (Å²) in [7, 11) is 1.74. The predicted molar refractivity (Wildman–Crippen MR) is 82.8 cm³/mol. The van der Waals surface area contributed by atoms with Gasteiger partial charge in [0.25, 0.3) is 0 Å². The Morgan fingerprint density at radius 3 is 2.70 bits per heavy atom. The first kappa shape index (κ1) is 15.2. The fourth-order valence-corrected chi connectivity index (χ4v) is 2.23. The number of carbonyl (C=O) groups is 1. The zero-order chi connectivity index (χ0) is 16.2. The number of hydrogen-bond donors (Lipinski definition) is 0. The lowest BCUT2D eigenvalue weighted by Gasteiger charge is -2.18. The summed E-state index contributed by atoms with van der Waals surface area (Å²) in [6.45, 7) is 0.355. The molecule has 0 N–H and O–H groups in total. The van der Waals surface area contributed by atoms with Crippen molar-refractivity contribution in [2.24, 2.45) is 7.05 Å². The number of aryl methyl sites for hydroxylation is 1. The van der Waals surface area contributed by atoms with Gasteiger partial charge in [-0.3, -0.25) is 4.68 Å². The van der Waals surface area contributed by atoms with Crippen LogP contribution in [0.15, 0.2) is 49.3 Å². The maximum atomic E-state index is 12.3. The molecule has 0 aliphatic heterocycles. The van der Waals surface area contributed by atoms with Gasteiger partial charge < -0.3 is 4.74 Å². The number of hydrogen-bond acceptors (Lipinski definition) is 5. The van der Waals surface area contributed by atoms with Crippen molar-refractivity contribution in [2.45, 2.75) is 12.6 Å². The molecule has 118 valence electrons. The van der Waals surface area contributed by atoms with E-state index < -0.39 is 12.1 Å². The van der Waals surface area contributed by atoms with Crippen LogP contribution in [0.5, 0.6) is 0 Å². The molecule has 2 aromatic heterocycles. The van der Waals surface area contributed by atoms with Gasteiger partial charge in [-0.05, 0) is 17.7 Å². The highest BCUT2D eigenvalue weighted by Gasteiger charge is 2.20. The summed E-state index contributed by atoms with van der Waals surface area (Å²) < 4.78 is 8.78. The molecule has 23 heavy (non-hydrogen) atoms. The van der Waals surface area contributed by atoms with Gasteiger partial charge in [-0.25, -0.2) is 14.5 Å². The van der Waals surface area contributed by atoms with E-state index in [4.69, 9.17) is 16.3 Å². The molecule has 0 aliphatic rings. The quantitative estimate of drug-likeness (QED) is 0.670. The molecule has 0 fully saturated rings. The minimum Gasteiger partial charge on any atom is -0.452 e. The van der Waals surface area contributed by atoms with Crippen LogP contribution in [0.25, 0.3) is 0 Å². The van der Waals surface area contributed by atoms with E-state index in [2.05, 4.69) is 15.2 Å². The number of rotatable bonds is 5. The number of benzene rings is 1. The Balaban J connectivity index is 1.82. The van der Waals surface area contributed by atoms with Gasteiger partial charge in [0.2, 0.25) is 0 Å². The van der Waals surface area contributed by atoms with Crippen molar-refractivity contribution in [3.8, 4) is 0 Å². The standard InChI is InChI=1S/C15H14ClN5O2/c1-20-7-12(6-18-20)15(22)23-14(8-21-10-17-9-19-21)11-2-4-13(16)5-3-11/h2-7,9-10,14H,8H2,1H3/t14-/m0/s1. The molecule has 0 bridgehead atoms. The maximum absolute atomic E-state index is 12.3. The van der Waals surface area contributed by atoms with Crippen molar-refractivity contribution in [3.63, 3.8) is 0 Å². The van der Waals surface area contributed by atoms with Gasteiger partial charge in [0, 0.05) is 18.3 Å². The van der Waals surface area contributed by atoms with E-state index in [1.165, 1.54) is 12.5 Å². The van der Waals surface area contributed by atoms with Crippen LogP contribution in [0.2, 0.25) is 5.02 Å². The summed E-state index contributed by atoms with van der Waals surface area (Å²) >= 11 is 5.92. The predicted octanol–water partition coefficient (Wildman–Crippen LogP) is 2.26. The maximum Gasteiger partial charge on any atom is 0.342 e. The van der Waals surface area contributed by atoms with Gasteiger partial charge in [-0.1, -0.05) is 23.7 Å². The van der Waals surface area contributed by atoms with Crippen LogP contribution in [0.1, 0.15) is 22.0 Å². The topological polar surface area (TPSA) is 74.8 Å². The molecule has 3 rings (SSSR count). The molecule has 1 atom stereocenters. The second-order valence-electron chi connectivity index (χ2n) is 4.97. The fraction of sp³-hybridized carbons (Fsp3) is 0.200. The summed E-state index contributed by atoms with van der Waals surface area (Å²) in [5.41, 5.74) is 1.21. The van der Waals surface area contributed by atoms with Crippen LogP contribution >= 0.6 is 11.6 Å². The van der Waals surface area contributed by atoms with E-state index >= 15 is 0 Å². The summed E-state index contributed by atoms with van der Waals surface area (Å²) in [5, 5.41) is 8.65. The molecule has 0 saturated carbocycles. The molecule has 1 aromatic carbocycles. The van der Waals surface area contributed by atoms with Crippen LogP contribution < -0.4 is 0 Å². The molecule has 0 unspecified atom stereocenters. The van der Waals surface area contributed by atoms with Crippen LogP contribution in [-0.2, 0) is 18.3 Å². The highest BCUT2D eigenvalue weighted by Crippen LogP contribution is 2.23. The molecular weight excluding hydrogens is 318 g/mol. The molecule has 0 radical (unpaired) electrons. The van der Waals surface area contributed by atoms with Gasteiger partial charge in [0.05, 0.1) is 18.3 Å². The van der Waals surface area contributed by atoms with Gasteiger partial charge in [-0.2, -0.15) is 10.2 Å². The molecule has 8 heteroatoms. The number of esters is 1. The van der Waals surface area contributed by atoms with Crippen molar-refractivity contribution in [1.82, 2.24) is 24.5 Å². The number of halogens is 1. The highest BCUT2D eigenvalue weighted by atomic mass is 35.5. The number of aromatic nitrogens is 5. The van der Waals surface area contributed by atoms with Gasteiger partial charge in [-0.15, -0.1) is 0 Å². The third-order valence-corrected chi connectivity index (χ3v) is 3.50. The van der Waals surface area contributed by atoms with E-state index in [9.17, 15) is 4.79 Å². The Kier molecular flexibility index (Phi) is 4.38. The monoisotopic (exact) mass is 331 g/mol. The highest BCUT2D eigenvalue weighted by molar-refractivity contribution is 6.30. The molecule has 2 heterocycles. The van der Waals surface area contributed by atoms with Crippen LogP contribution in [0.4, 0.5) is 0 Å². The first-order chi connectivity index (χ1) is 11.1. The molecule has 0 amide bonds. The smallest absolute Gasteiger partial charge is 0.342 e. The minimum atomic E-state index is -0.512. The Hall–Kier alpha value is -2.67. The molecule has 3 aromatic rings. The molecule has 0 spiro atoms. The molecule has 0 aliphatic carbocycles. The van der Waals surface area contributed by atoms with Crippen LogP contribution in [0.3, 0.4) is 0 Å². The van der Waals surface area contributed by atoms with E-state index in [0.29, 0.717) is 17.1 Å². The average molecular weight is 332 g/mol. The lowest BCUT2D eigenvalue weighted by molar-refractivity contribution is 0.0246. The Bertz CT molecular complexity index is 783.